The van der Waals surface area contributed by atoms with E-state index in [1.54, 1.807) is 0 Å². The van der Waals surface area contributed by atoms with Crippen molar-refractivity contribution in [1.29, 1.82) is 0 Å². The minimum Gasteiger partial charge on any atom is -0.459 e. The van der Waals surface area contributed by atoms with Crippen LogP contribution in [-0.2, 0) is 25.7 Å². The molecule has 5 heteroatoms. The molecule has 0 saturated heterocycles. The van der Waals surface area contributed by atoms with Crippen LogP contribution in [0, 0.1) is 5.92 Å². The van der Waals surface area contributed by atoms with E-state index in [0.29, 0.717) is 0 Å². The molecule has 1 aromatic carbocycles. The van der Waals surface area contributed by atoms with Crippen LogP contribution in [0.25, 0.3) is 0 Å². The summed E-state index contributed by atoms with van der Waals surface area (Å²) >= 11 is 0. The molecule has 20 heavy (non-hydrogen) atoms. The first kappa shape index (κ1) is 14.5. The molecule has 5 nitrogen and oxygen atoms in total. The second-order valence-electron chi connectivity index (χ2n) is 4.90. The normalized spacial score (nSPS) is 15.4. The van der Waals surface area contributed by atoms with Crippen molar-refractivity contribution in [3.63, 3.8) is 0 Å². The third kappa shape index (κ3) is 4.66. The largest absolute Gasteiger partial charge is 0.459 e. The fourth-order valence-electron chi connectivity index (χ4n) is 1.84. The Bertz CT molecular complexity index is 456. The average Bonchev–Trinajstić information content (AvgIpc) is 3.26. The van der Waals surface area contributed by atoms with Crippen molar-refractivity contribution >= 4 is 11.9 Å². The van der Waals surface area contributed by atoms with Crippen molar-refractivity contribution in [2.24, 2.45) is 5.92 Å². The molecule has 108 valence electrons. The molecule has 0 aliphatic heterocycles. The minimum absolute atomic E-state index is 0.0386. The monoisotopic (exact) mass is 277 g/mol. The van der Waals surface area contributed by atoms with E-state index < -0.39 is 6.10 Å². The highest BCUT2D eigenvalue weighted by Crippen LogP contribution is 2.34. The predicted molar refractivity (Wildman–Crippen MR) is 72.5 cm³/mol. The zero-order valence-electron chi connectivity index (χ0n) is 11.5. The quantitative estimate of drug-likeness (QED) is 0.607. The summed E-state index contributed by atoms with van der Waals surface area (Å²) in [5.41, 5.74) is 0.942. The lowest BCUT2D eigenvalue weighted by atomic mass is 10.2. The van der Waals surface area contributed by atoms with Crippen LogP contribution in [0.2, 0.25) is 0 Å². The van der Waals surface area contributed by atoms with Gasteiger partial charge in [-0.3, -0.25) is 4.79 Å². The number of esters is 1. The van der Waals surface area contributed by atoms with Gasteiger partial charge in [0.15, 0.2) is 6.10 Å². The molecule has 1 saturated carbocycles. The van der Waals surface area contributed by atoms with E-state index in [2.05, 4.69) is 5.32 Å². The van der Waals surface area contributed by atoms with E-state index in [1.807, 2.05) is 30.3 Å². The van der Waals surface area contributed by atoms with Gasteiger partial charge in [0, 0.05) is 6.92 Å². The van der Waals surface area contributed by atoms with Gasteiger partial charge in [0.2, 0.25) is 5.91 Å². The van der Waals surface area contributed by atoms with Crippen LogP contribution in [0.3, 0.4) is 0 Å². The molecule has 0 bridgehead atoms. The minimum atomic E-state index is -0.578. The van der Waals surface area contributed by atoms with Crippen molar-refractivity contribution in [1.82, 2.24) is 5.32 Å². The maximum Gasteiger partial charge on any atom is 0.335 e. The maximum absolute atomic E-state index is 12.0. The Labute approximate surface area is 118 Å². The molecule has 1 atom stereocenters. The van der Waals surface area contributed by atoms with E-state index in [4.69, 9.17) is 9.47 Å². The summed E-state index contributed by atoms with van der Waals surface area (Å²) in [5.74, 6) is -0.328. The molecule has 1 N–H and O–H groups in total. The van der Waals surface area contributed by atoms with E-state index >= 15 is 0 Å². The number of carbonyl (C=O) groups excluding carboxylic acids is 2. The predicted octanol–water partition coefficient (Wildman–Crippen LogP) is 1.62. The summed E-state index contributed by atoms with van der Waals surface area (Å²) in [6.45, 7) is 1.69. The van der Waals surface area contributed by atoms with E-state index in [1.165, 1.54) is 6.92 Å². The molecule has 0 aromatic heterocycles. The number of ether oxygens (including phenoxy) is 2. The van der Waals surface area contributed by atoms with Gasteiger partial charge in [0.25, 0.3) is 0 Å². The molecule has 1 fully saturated rings. The van der Waals surface area contributed by atoms with Gasteiger partial charge >= 0.3 is 5.97 Å². The number of nitrogens with one attached hydrogen (secondary N) is 1. The van der Waals surface area contributed by atoms with Gasteiger partial charge in [-0.1, -0.05) is 30.3 Å². The van der Waals surface area contributed by atoms with Crippen molar-refractivity contribution in [3.8, 4) is 0 Å². The van der Waals surface area contributed by atoms with Crippen LogP contribution < -0.4 is 5.32 Å². The lowest BCUT2D eigenvalue weighted by molar-refractivity contribution is -0.161. The first-order valence-electron chi connectivity index (χ1n) is 6.73. The number of hydrogen-bond acceptors (Lipinski definition) is 4. The Hall–Kier alpha value is -1.88. The van der Waals surface area contributed by atoms with Gasteiger partial charge < -0.3 is 14.8 Å². The molecule has 1 aliphatic rings. The number of amides is 1. The van der Waals surface area contributed by atoms with E-state index in [-0.39, 0.29) is 31.1 Å². The smallest absolute Gasteiger partial charge is 0.335 e. The van der Waals surface area contributed by atoms with Crippen LogP contribution in [0.4, 0.5) is 0 Å². The van der Waals surface area contributed by atoms with Gasteiger partial charge in [-0.05, 0) is 24.3 Å². The van der Waals surface area contributed by atoms with Gasteiger partial charge in [-0.25, -0.2) is 4.79 Å². The second-order valence-corrected chi connectivity index (χ2v) is 4.90. The van der Waals surface area contributed by atoms with Gasteiger partial charge in [0.1, 0.15) is 13.3 Å². The van der Waals surface area contributed by atoms with Gasteiger partial charge in [-0.2, -0.15) is 0 Å². The van der Waals surface area contributed by atoms with Crippen molar-refractivity contribution in [2.75, 3.05) is 6.73 Å². The average molecular weight is 277 g/mol. The van der Waals surface area contributed by atoms with Crippen LogP contribution in [0.5, 0.6) is 0 Å². The zero-order valence-corrected chi connectivity index (χ0v) is 11.5. The second kappa shape index (κ2) is 7.05. The summed E-state index contributed by atoms with van der Waals surface area (Å²) in [5, 5.41) is 2.52. The topological polar surface area (TPSA) is 64.6 Å². The van der Waals surface area contributed by atoms with Gasteiger partial charge in [0.05, 0.1) is 0 Å². The molecule has 2 rings (SSSR count). The standard InChI is InChI=1S/C15H19NO4/c1-11(17)16-10-20-14(13-7-8-13)15(18)19-9-12-5-3-2-4-6-12/h2-6,13-14H,7-10H2,1H3,(H,16,17)/t14-/m0/s1. The summed E-state index contributed by atoms with van der Waals surface area (Å²) < 4.78 is 10.7. The summed E-state index contributed by atoms with van der Waals surface area (Å²) in [7, 11) is 0. The molecular formula is C15H19NO4. The Morgan fingerprint density at radius 3 is 2.60 bits per heavy atom. The third-order valence-electron chi connectivity index (χ3n) is 3.09. The first-order chi connectivity index (χ1) is 9.66. The molecule has 1 aliphatic carbocycles. The van der Waals surface area contributed by atoms with Crippen molar-refractivity contribution in [2.45, 2.75) is 32.5 Å². The molecule has 0 radical (unpaired) electrons. The maximum atomic E-state index is 12.0. The Morgan fingerprint density at radius 2 is 2.00 bits per heavy atom. The SMILES string of the molecule is CC(=O)NCO[C@H](C(=O)OCc1ccccc1)C1CC1. The lowest BCUT2D eigenvalue weighted by Crippen LogP contribution is -2.34. The highest BCUT2D eigenvalue weighted by molar-refractivity contribution is 5.75. The Morgan fingerprint density at radius 1 is 1.30 bits per heavy atom. The number of rotatable bonds is 7. The lowest BCUT2D eigenvalue weighted by Gasteiger charge is -2.16. The molecule has 0 spiro atoms. The van der Waals surface area contributed by atoms with E-state index in [0.717, 1.165) is 18.4 Å². The third-order valence-corrected chi connectivity index (χ3v) is 3.09. The first-order valence-corrected chi connectivity index (χ1v) is 6.73. The van der Waals surface area contributed by atoms with Crippen LogP contribution in [0.1, 0.15) is 25.3 Å². The zero-order chi connectivity index (χ0) is 14.4. The van der Waals surface area contributed by atoms with Gasteiger partial charge in [-0.15, -0.1) is 0 Å². The van der Waals surface area contributed by atoms with Crippen molar-refractivity contribution < 1.29 is 19.1 Å². The number of hydrogen-bond donors (Lipinski definition) is 1. The number of carbonyl (C=O) groups is 2. The fraction of sp³-hybridized carbons (Fsp3) is 0.467. The Kier molecular flexibility index (Phi) is 5.12. The van der Waals surface area contributed by atoms with Crippen LogP contribution >= 0.6 is 0 Å². The molecule has 1 amide bonds. The molecule has 0 unspecified atom stereocenters. The fourth-order valence-corrected chi connectivity index (χ4v) is 1.84. The Balaban J connectivity index is 1.79. The van der Waals surface area contributed by atoms with Crippen molar-refractivity contribution in [3.05, 3.63) is 35.9 Å². The molecule has 1 aromatic rings. The van der Waals surface area contributed by atoms with Crippen LogP contribution in [0.15, 0.2) is 30.3 Å². The van der Waals surface area contributed by atoms with E-state index in [9.17, 15) is 9.59 Å². The van der Waals surface area contributed by atoms with Crippen LogP contribution in [-0.4, -0.2) is 24.7 Å². The summed E-state index contributed by atoms with van der Waals surface area (Å²) in [4.78, 5) is 22.8. The summed E-state index contributed by atoms with van der Waals surface area (Å²) in [6.07, 6.45) is 1.35. The molecular weight excluding hydrogens is 258 g/mol. The molecule has 0 heterocycles. The highest BCUT2D eigenvalue weighted by atomic mass is 16.6. The summed E-state index contributed by atoms with van der Waals surface area (Å²) in [6, 6.07) is 9.51. The highest BCUT2D eigenvalue weighted by Gasteiger charge is 2.38. The number of benzene rings is 1.